The number of Topliss-reactive ketones (excluding diaryl/α,β-unsaturated/α-hetero) is 1. The predicted octanol–water partition coefficient (Wildman–Crippen LogP) is 2.27. The Bertz CT molecular complexity index is 1870. The molecular formula is C35H49ClF12N4NaO8S2+. The Hall–Kier alpha value is -2.27. The third kappa shape index (κ3) is 31.3. The van der Waals surface area contributed by atoms with E-state index in [0.717, 1.165) is 0 Å². The number of nitrogens with one attached hydrogen (secondary N) is 2. The summed E-state index contributed by atoms with van der Waals surface area (Å²) in [6.45, 7) is 4.59. The molecule has 2 aromatic carbocycles. The van der Waals surface area contributed by atoms with Crippen LogP contribution in [0.15, 0.2) is 36.4 Å². The number of carbonyl (C=O) groups is 2. The summed E-state index contributed by atoms with van der Waals surface area (Å²) in [7, 11) is -1.12. The minimum absolute atomic E-state index is 0. The second-order valence-electron chi connectivity index (χ2n) is 14.0. The molecular weight excluding hydrogens is 955 g/mol. The van der Waals surface area contributed by atoms with E-state index in [4.69, 9.17) is 15.0 Å². The van der Waals surface area contributed by atoms with Crippen molar-refractivity contribution in [2.45, 2.75) is 62.9 Å². The molecule has 12 nitrogen and oxygen atoms in total. The third-order valence-corrected chi connectivity index (χ3v) is 10.1. The van der Waals surface area contributed by atoms with Gasteiger partial charge >= 0.3 is 54.3 Å². The van der Waals surface area contributed by atoms with Crippen molar-refractivity contribution in [1.82, 2.24) is 14.3 Å². The van der Waals surface area contributed by atoms with E-state index in [1.807, 2.05) is 0 Å². The molecule has 28 heteroatoms. The molecule has 0 spiro atoms. The standard InChI is InChI=1S/C17H23F6N2O3S.C14H18F6N2O2S.C2H3ClO2.C2H6O.Na/c1-12(26)10-25(2,3)6-4-5-24-29(27,28)11-13-7-14(16(18,19)20)9-15(8-13)17(21,22)23;1-22(2)5-3-4-21-25(23,24)9-10-6-11(13(15,16)17)8-12(7-10)14(18,19)20;3-1-2(4)5;1-2-3;/h7-9,24H,4-6,10-11H2,1-3H3;6-8,21H,3-5,9H2,1-2H3;1H2,(H,4,5);3H,2H2,1H3;/q+1;;;;+1/p-1. The molecule has 0 fully saturated rings. The number of carboxylic acid groups (broad SMARTS) is 1. The average Bonchev–Trinajstić information content (AvgIpc) is 3.07. The van der Waals surface area contributed by atoms with E-state index < -0.39 is 101 Å². The van der Waals surface area contributed by atoms with E-state index in [-0.39, 0.29) is 73.7 Å². The normalized spacial score (nSPS) is 12.5. The average molecular weight is 1000 g/mol. The molecule has 0 bridgehead atoms. The zero-order valence-corrected chi connectivity index (χ0v) is 39.6. The van der Waals surface area contributed by atoms with Crippen molar-refractivity contribution in [3.8, 4) is 0 Å². The molecule has 0 heterocycles. The van der Waals surface area contributed by atoms with Gasteiger partial charge in [-0.25, -0.2) is 26.3 Å². The van der Waals surface area contributed by atoms with Crippen LogP contribution in [-0.2, 0) is 65.8 Å². The Morgan fingerprint density at radius 2 is 0.984 bits per heavy atom. The molecule has 0 saturated carbocycles. The number of nitrogens with zero attached hydrogens (tertiary/aromatic N) is 2. The van der Waals surface area contributed by atoms with Crippen LogP contribution in [0.4, 0.5) is 52.7 Å². The van der Waals surface area contributed by atoms with Crippen molar-refractivity contribution in [3.05, 3.63) is 69.8 Å². The first-order chi connectivity index (χ1) is 27.8. The number of aliphatic hydroxyl groups excluding tert-OH is 1. The topological polar surface area (TPSA) is 173 Å². The first kappa shape index (κ1) is 65.0. The molecule has 0 aliphatic carbocycles. The molecule has 2 aromatic rings. The van der Waals surface area contributed by atoms with Crippen molar-refractivity contribution in [2.75, 3.05) is 73.4 Å². The number of aliphatic hydroxyl groups is 1. The fourth-order valence-electron chi connectivity index (χ4n) is 4.79. The molecule has 0 aromatic heterocycles. The fourth-order valence-corrected chi connectivity index (χ4v) is 7.11. The second-order valence-corrected chi connectivity index (χ2v) is 17.9. The number of sulfonamides is 2. The van der Waals surface area contributed by atoms with Crippen LogP contribution in [0, 0.1) is 0 Å². The Morgan fingerprint density at radius 1 is 0.698 bits per heavy atom. The Balaban J connectivity index is -0.000000968. The van der Waals surface area contributed by atoms with E-state index in [2.05, 4.69) is 21.0 Å². The quantitative estimate of drug-likeness (QED) is 0.0708. The van der Waals surface area contributed by atoms with Crippen molar-refractivity contribution in [2.24, 2.45) is 0 Å². The number of likely N-dealkylation sites (N-methyl/N-ethyl adjacent to an activating group) is 1. The molecule has 2 rings (SSSR count). The zero-order valence-electron chi connectivity index (χ0n) is 35.2. The van der Waals surface area contributed by atoms with Gasteiger partial charge in [-0.15, -0.1) is 11.6 Å². The van der Waals surface area contributed by atoms with Gasteiger partial charge < -0.3 is 24.4 Å². The van der Waals surface area contributed by atoms with Crippen LogP contribution in [0.3, 0.4) is 0 Å². The first-order valence-corrected chi connectivity index (χ1v) is 21.5. The molecule has 0 aliphatic rings. The van der Waals surface area contributed by atoms with Gasteiger partial charge in [0.05, 0.1) is 66.2 Å². The van der Waals surface area contributed by atoms with Crippen LogP contribution in [0.5, 0.6) is 0 Å². The SMILES string of the molecule is CC(=O)C[N+](C)(C)CCCNS(=O)(=O)Cc1cc(C(F)(F)F)cc(C(F)(F)F)c1.CCO.CN(C)CCCNS(=O)(=O)Cc1cc(C(F)(F)F)cc(C(F)(F)F)c1.O=C([O-])CCl.[Na+]. The predicted molar refractivity (Wildman–Crippen MR) is 203 cm³/mol. The summed E-state index contributed by atoms with van der Waals surface area (Å²) in [5.41, 5.74) is -7.42. The van der Waals surface area contributed by atoms with E-state index in [0.29, 0.717) is 54.7 Å². The molecule has 63 heavy (non-hydrogen) atoms. The molecule has 360 valence electrons. The van der Waals surface area contributed by atoms with Crippen molar-refractivity contribution in [3.63, 3.8) is 0 Å². The maximum atomic E-state index is 12.9. The van der Waals surface area contributed by atoms with Crippen LogP contribution >= 0.6 is 11.6 Å². The summed E-state index contributed by atoms with van der Waals surface area (Å²) in [6.07, 6.45) is -19.4. The third-order valence-electron chi connectivity index (χ3n) is 7.13. The van der Waals surface area contributed by atoms with Crippen molar-refractivity contribution in [1.29, 1.82) is 0 Å². The molecule has 0 amide bonds. The fraction of sp³-hybridized carbons (Fsp3) is 0.600. The number of hydrogen-bond donors (Lipinski definition) is 3. The number of aliphatic carboxylic acids is 1. The van der Waals surface area contributed by atoms with Gasteiger partial charge in [-0.1, -0.05) is 0 Å². The van der Waals surface area contributed by atoms with E-state index in [1.165, 1.54) is 6.92 Å². The summed E-state index contributed by atoms with van der Waals surface area (Å²) in [5, 5.41) is 16.7. The van der Waals surface area contributed by atoms with E-state index in [9.17, 15) is 74.3 Å². The minimum Gasteiger partial charge on any atom is -0.549 e. The summed E-state index contributed by atoms with van der Waals surface area (Å²) in [6, 6.07) is 1.50. The summed E-state index contributed by atoms with van der Waals surface area (Å²) >= 11 is 4.67. The molecule has 3 N–H and O–H groups in total. The number of carbonyl (C=O) groups excluding carboxylic acids is 2. The molecule has 0 aliphatic heterocycles. The number of halogens is 13. The van der Waals surface area contributed by atoms with Gasteiger partial charge in [-0.3, -0.25) is 4.79 Å². The van der Waals surface area contributed by atoms with Gasteiger partial charge in [-0.05, 0) is 81.5 Å². The van der Waals surface area contributed by atoms with E-state index in [1.54, 1.807) is 40.0 Å². The summed E-state index contributed by atoms with van der Waals surface area (Å²) in [4.78, 5) is 22.1. The Kier molecular flexibility index (Phi) is 28.9. The van der Waals surface area contributed by atoms with Crippen LogP contribution < -0.4 is 44.1 Å². The van der Waals surface area contributed by atoms with Gasteiger partial charge in [0.25, 0.3) is 0 Å². The molecule has 0 radical (unpaired) electrons. The maximum Gasteiger partial charge on any atom is 1.00 e. The van der Waals surface area contributed by atoms with Gasteiger partial charge in [0.15, 0.2) is 5.78 Å². The number of hydrogen-bond acceptors (Lipinski definition) is 9. The van der Waals surface area contributed by atoms with E-state index >= 15 is 0 Å². The number of quaternary nitrogens is 1. The van der Waals surface area contributed by atoms with Gasteiger partial charge in [0.1, 0.15) is 6.54 Å². The Morgan fingerprint density at radius 3 is 1.22 bits per heavy atom. The minimum atomic E-state index is -5.05. The molecule has 0 unspecified atom stereocenters. The van der Waals surface area contributed by atoms with Gasteiger partial charge in [-0.2, -0.15) is 52.7 Å². The van der Waals surface area contributed by atoms with Crippen LogP contribution in [-0.4, -0.2) is 116 Å². The number of carboxylic acids is 1. The van der Waals surface area contributed by atoms with Crippen molar-refractivity contribution >= 4 is 43.4 Å². The number of benzene rings is 2. The van der Waals surface area contributed by atoms with Crippen LogP contribution in [0.1, 0.15) is 60.1 Å². The largest absolute Gasteiger partial charge is 1.00 e. The zero-order chi connectivity index (χ0) is 49.1. The summed E-state index contributed by atoms with van der Waals surface area (Å²) in [5.74, 6) is -3.68. The van der Waals surface area contributed by atoms with Crippen LogP contribution in [0.25, 0.3) is 0 Å². The van der Waals surface area contributed by atoms with Crippen LogP contribution in [0.2, 0.25) is 0 Å². The Labute approximate surface area is 385 Å². The number of ketones is 1. The number of alkyl halides is 13. The van der Waals surface area contributed by atoms with Crippen molar-refractivity contribution < 1.29 is 123 Å². The second kappa shape index (κ2) is 28.0. The van der Waals surface area contributed by atoms with Gasteiger partial charge in [0.2, 0.25) is 20.0 Å². The number of rotatable bonds is 17. The molecule has 0 atom stereocenters. The first-order valence-electron chi connectivity index (χ1n) is 17.6. The monoisotopic (exact) mass is 1000 g/mol. The van der Waals surface area contributed by atoms with Gasteiger partial charge in [0, 0.05) is 33.0 Å². The molecule has 0 saturated heterocycles. The smallest absolute Gasteiger partial charge is 0.549 e. The maximum absolute atomic E-state index is 12.9. The summed E-state index contributed by atoms with van der Waals surface area (Å²) < 4.78 is 206.